The molecule has 0 aliphatic heterocycles. The molecule has 0 fully saturated rings. The molecule has 3 heteroatoms. The van der Waals surface area contributed by atoms with E-state index in [4.69, 9.17) is 5.73 Å². The maximum atomic E-state index is 5.39. The first-order chi connectivity index (χ1) is 3.80. The van der Waals surface area contributed by atoms with Crippen molar-refractivity contribution < 1.29 is 0 Å². The Labute approximate surface area is 47.6 Å². The van der Waals surface area contributed by atoms with Crippen molar-refractivity contribution in [3.63, 3.8) is 0 Å². The van der Waals surface area contributed by atoms with Crippen molar-refractivity contribution in [1.82, 2.24) is 9.97 Å². The number of rotatable bonds is 0. The van der Waals surface area contributed by atoms with E-state index in [2.05, 4.69) is 9.97 Å². The zero-order chi connectivity index (χ0) is 5.98. The van der Waals surface area contributed by atoms with Gasteiger partial charge in [0, 0.05) is 0 Å². The molecule has 0 unspecified atom stereocenters. The molecule has 8 heavy (non-hydrogen) atoms. The van der Waals surface area contributed by atoms with Gasteiger partial charge in [0.05, 0.1) is 17.6 Å². The number of hydrogen-bond acceptors (Lipinski definition) is 3. The highest BCUT2D eigenvalue weighted by Crippen LogP contribution is 1.99. The number of nitrogens with zero attached hydrogens (tertiary/aromatic N) is 2. The summed E-state index contributed by atoms with van der Waals surface area (Å²) in [5.41, 5.74) is 6.87. The largest absolute Gasteiger partial charge is 0.396 e. The maximum absolute atomic E-state index is 5.39. The van der Waals surface area contributed by atoms with Gasteiger partial charge in [0.25, 0.3) is 0 Å². The van der Waals surface area contributed by atoms with Crippen molar-refractivity contribution in [2.24, 2.45) is 0 Å². The fourth-order valence-corrected chi connectivity index (χ4v) is 0.402. The number of aryl methyl sites for hydroxylation is 1. The third-order valence-corrected chi connectivity index (χ3v) is 0.949. The van der Waals surface area contributed by atoms with Gasteiger partial charge in [-0.05, 0) is 6.92 Å². The van der Waals surface area contributed by atoms with Gasteiger partial charge >= 0.3 is 0 Å². The Morgan fingerprint density at radius 3 is 2.75 bits per heavy atom. The highest BCUT2D eigenvalue weighted by atomic mass is 14.8. The number of nitrogens with two attached hydrogens (primary N) is 1. The number of hydrogen-bond donors (Lipinski definition) is 1. The van der Waals surface area contributed by atoms with Crippen LogP contribution in [0.5, 0.6) is 0 Å². The standard InChI is InChI=1S/C5H7N3/c1-4-5(6)2-7-3-8-4/h2-3H,6H2,1H3. The van der Waals surface area contributed by atoms with Crippen LogP contribution in [-0.2, 0) is 0 Å². The molecule has 2 N–H and O–H groups in total. The molecule has 1 aromatic heterocycles. The Morgan fingerprint density at radius 2 is 2.38 bits per heavy atom. The van der Waals surface area contributed by atoms with Crippen molar-refractivity contribution in [1.29, 1.82) is 0 Å². The van der Waals surface area contributed by atoms with E-state index in [1.807, 2.05) is 6.92 Å². The fourth-order valence-electron chi connectivity index (χ4n) is 0.402. The van der Waals surface area contributed by atoms with E-state index >= 15 is 0 Å². The summed E-state index contributed by atoms with van der Waals surface area (Å²) in [6.07, 6.45) is 3.06. The Balaban J connectivity index is 3.13. The lowest BCUT2D eigenvalue weighted by Crippen LogP contribution is -1.92. The maximum Gasteiger partial charge on any atom is 0.115 e. The lowest BCUT2D eigenvalue weighted by molar-refractivity contribution is 1.11. The number of anilines is 1. The minimum atomic E-state index is 0.646. The lowest BCUT2D eigenvalue weighted by Gasteiger charge is -1.91. The molecule has 0 atom stereocenters. The van der Waals surface area contributed by atoms with Crippen LogP contribution in [0.4, 0.5) is 5.69 Å². The van der Waals surface area contributed by atoms with Gasteiger partial charge in [-0.15, -0.1) is 0 Å². The van der Waals surface area contributed by atoms with Crippen LogP contribution in [-0.4, -0.2) is 9.97 Å². The van der Waals surface area contributed by atoms with E-state index in [0.29, 0.717) is 5.69 Å². The molecule has 3 nitrogen and oxygen atoms in total. The predicted octanol–water partition coefficient (Wildman–Crippen LogP) is 0.367. The van der Waals surface area contributed by atoms with Crippen LogP contribution in [0, 0.1) is 6.92 Å². The quantitative estimate of drug-likeness (QED) is 0.523. The molecular weight excluding hydrogens is 102 g/mol. The summed E-state index contributed by atoms with van der Waals surface area (Å²) >= 11 is 0. The molecule has 1 heterocycles. The minimum Gasteiger partial charge on any atom is -0.396 e. The van der Waals surface area contributed by atoms with Crippen LogP contribution in [0.3, 0.4) is 0 Å². The molecule has 0 saturated carbocycles. The Morgan fingerprint density at radius 1 is 1.62 bits per heavy atom. The molecule has 0 aliphatic rings. The average molecular weight is 109 g/mol. The molecule has 0 spiro atoms. The molecule has 0 saturated heterocycles. The van der Waals surface area contributed by atoms with Crippen molar-refractivity contribution in [2.75, 3.05) is 5.73 Å². The summed E-state index contributed by atoms with van der Waals surface area (Å²) < 4.78 is 0. The van der Waals surface area contributed by atoms with Crippen molar-refractivity contribution in [2.45, 2.75) is 6.92 Å². The van der Waals surface area contributed by atoms with Crippen molar-refractivity contribution >= 4 is 5.69 Å². The molecule has 0 aromatic carbocycles. The van der Waals surface area contributed by atoms with Crippen LogP contribution in [0.25, 0.3) is 0 Å². The van der Waals surface area contributed by atoms with Crippen LogP contribution >= 0.6 is 0 Å². The summed E-state index contributed by atoms with van der Waals surface area (Å²) in [6, 6.07) is 0. The van der Waals surface area contributed by atoms with Crippen molar-refractivity contribution in [3.05, 3.63) is 18.2 Å². The fraction of sp³-hybridized carbons (Fsp3) is 0.200. The summed E-state index contributed by atoms with van der Waals surface area (Å²) in [4.78, 5) is 7.55. The van der Waals surface area contributed by atoms with E-state index in [-0.39, 0.29) is 0 Å². The number of aromatic nitrogens is 2. The van der Waals surface area contributed by atoms with E-state index in [0.717, 1.165) is 5.69 Å². The highest BCUT2D eigenvalue weighted by molar-refractivity contribution is 5.37. The second kappa shape index (κ2) is 1.78. The lowest BCUT2D eigenvalue weighted by atomic mass is 10.4. The predicted molar refractivity (Wildman–Crippen MR) is 31.2 cm³/mol. The first-order valence-electron chi connectivity index (χ1n) is 2.33. The van der Waals surface area contributed by atoms with Crippen molar-refractivity contribution in [3.8, 4) is 0 Å². The zero-order valence-corrected chi connectivity index (χ0v) is 4.63. The first kappa shape index (κ1) is 5.03. The first-order valence-corrected chi connectivity index (χ1v) is 2.33. The van der Waals surface area contributed by atoms with E-state index in [9.17, 15) is 0 Å². The summed E-state index contributed by atoms with van der Waals surface area (Å²) in [5.74, 6) is 0. The number of nitrogen functional groups attached to an aromatic ring is 1. The summed E-state index contributed by atoms with van der Waals surface area (Å²) in [5, 5.41) is 0. The van der Waals surface area contributed by atoms with Gasteiger partial charge in [0.1, 0.15) is 6.33 Å². The van der Waals surface area contributed by atoms with E-state index in [1.165, 1.54) is 6.33 Å². The minimum absolute atomic E-state index is 0.646. The van der Waals surface area contributed by atoms with Gasteiger partial charge < -0.3 is 5.73 Å². The summed E-state index contributed by atoms with van der Waals surface area (Å²) in [6.45, 7) is 1.84. The van der Waals surface area contributed by atoms with Crippen LogP contribution in [0.1, 0.15) is 5.69 Å². The molecule has 0 aliphatic carbocycles. The Hall–Kier alpha value is -1.12. The van der Waals surface area contributed by atoms with Gasteiger partial charge in [0.2, 0.25) is 0 Å². The molecule has 0 radical (unpaired) electrons. The average Bonchev–Trinajstić information content (AvgIpc) is 1.77. The Bertz CT molecular complexity index is 164. The van der Waals surface area contributed by atoms with E-state index < -0.39 is 0 Å². The molecular formula is C5H7N3. The molecule has 1 rings (SSSR count). The normalized spacial score (nSPS) is 9.12. The zero-order valence-electron chi connectivity index (χ0n) is 4.63. The molecule has 0 amide bonds. The monoisotopic (exact) mass is 109 g/mol. The van der Waals surface area contributed by atoms with Gasteiger partial charge in [-0.1, -0.05) is 0 Å². The second-order valence-electron chi connectivity index (χ2n) is 1.56. The molecule has 1 aromatic rings. The smallest absolute Gasteiger partial charge is 0.115 e. The molecule has 42 valence electrons. The highest BCUT2D eigenvalue weighted by Gasteiger charge is 1.87. The van der Waals surface area contributed by atoms with Gasteiger partial charge in [-0.2, -0.15) is 0 Å². The van der Waals surface area contributed by atoms with Gasteiger partial charge in [0.15, 0.2) is 0 Å². The van der Waals surface area contributed by atoms with E-state index in [1.54, 1.807) is 6.20 Å². The van der Waals surface area contributed by atoms with Crippen LogP contribution < -0.4 is 5.73 Å². The van der Waals surface area contributed by atoms with Crippen LogP contribution in [0.15, 0.2) is 12.5 Å². The van der Waals surface area contributed by atoms with Crippen LogP contribution in [0.2, 0.25) is 0 Å². The van der Waals surface area contributed by atoms with Gasteiger partial charge in [-0.25, -0.2) is 9.97 Å². The second-order valence-corrected chi connectivity index (χ2v) is 1.56. The third-order valence-electron chi connectivity index (χ3n) is 0.949. The summed E-state index contributed by atoms with van der Waals surface area (Å²) in [7, 11) is 0. The molecule has 0 bridgehead atoms. The topological polar surface area (TPSA) is 51.8 Å². The van der Waals surface area contributed by atoms with Gasteiger partial charge in [-0.3, -0.25) is 0 Å². The SMILES string of the molecule is Cc1ncncc1N. The Kier molecular flexibility index (Phi) is 1.12. The third kappa shape index (κ3) is 0.753.